The minimum atomic E-state index is -0.961. The van der Waals surface area contributed by atoms with E-state index >= 15 is 0 Å². The zero-order chi connectivity index (χ0) is 25.4. The molecule has 0 radical (unpaired) electrons. The average Bonchev–Trinajstić information content (AvgIpc) is 3.41. The Hall–Kier alpha value is -4.30. The van der Waals surface area contributed by atoms with Crippen LogP contribution in [0.5, 0.6) is 5.75 Å². The molecule has 0 unspecified atom stereocenters. The number of hydrogen-bond acceptors (Lipinski definition) is 5. The monoisotopic (exact) mass is 496 g/mol. The lowest BCUT2D eigenvalue weighted by atomic mass is 9.73. The van der Waals surface area contributed by atoms with Crippen LogP contribution in [0.15, 0.2) is 79.4 Å². The molecule has 5 aromatic rings. The number of fused-ring (bicyclic) bond motifs is 3. The van der Waals surface area contributed by atoms with Gasteiger partial charge in [0.25, 0.3) is 0 Å². The van der Waals surface area contributed by atoms with Crippen LogP contribution < -0.4 is 10.5 Å². The number of aromatic nitrogens is 3. The molecular weight excluding hydrogens is 471 g/mol. The molecule has 0 spiro atoms. The van der Waals surface area contributed by atoms with Crippen LogP contribution in [0.4, 0.5) is 4.39 Å². The van der Waals surface area contributed by atoms with Crippen molar-refractivity contribution in [2.45, 2.75) is 24.9 Å². The average molecular weight is 497 g/mol. The standard InChI is InChI=1S/C29H25FN4O3/c30-22-14-21(29(28(31)35)5-11-36-12-6-29)15-23(16-22)37-18-19-1-2-24-25(20-3-7-32-8-4-20)17-27-33-9-10-34(27)26(24)13-19/h1-4,7-10,13-17H,5-6,11-12,18H2,(H2,31,35). The molecule has 7 nitrogen and oxygen atoms in total. The van der Waals surface area contributed by atoms with E-state index in [0.717, 1.165) is 33.2 Å². The number of imidazole rings is 1. The van der Waals surface area contributed by atoms with Gasteiger partial charge in [-0.05, 0) is 71.5 Å². The molecule has 3 aromatic heterocycles. The van der Waals surface area contributed by atoms with Crippen LogP contribution in [0, 0.1) is 5.82 Å². The fourth-order valence-corrected chi connectivity index (χ4v) is 5.18. The van der Waals surface area contributed by atoms with Crippen LogP contribution in [-0.2, 0) is 21.6 Å². The summed E-state index contributed by atoms with van der Waals surface area (Å²) in [5, 5.41) is 1.07. The first-order valence-electron chi connectivity index (χ1n) is 12.1. The van der Waals surface area contributed by atoms with Gasteiger partial charge in [-0.3, -0.25) is 14.2 Å². The van der Waals surface area contributed by atoms with E-state index in [1.165, 1.54) is 12.1 Å². The number of benzene rings is 2. The van der Waals surface area contributed by atoms with Gasteiger partial charge in [0.05, 0.1) is 10.9 Å². The number of ether oxygens (including phenoxy) is 2. The number of nitrogens with two attached hydrogens (primary N) is 1. The quantitative estimate of drug-likeness (QED) is 0.365. The molecule has 8 heteroatoms. The molecular formula is C29H25FN4O3. The molecule has 0 saturated carbocycles. The van der Waals surface area contributed by atoms with Crippen molar-refractivity contribution in [1.29, 1.82) is 0 Å². The Labute approximate surface area is 212 Å². The molecule has 1 fully saturated rings. The second-order valence-corrected chi connectivity index (χ2v) is 9.32. The summed E-state index contributed by atoms with van der Waals surface area (Å²) in [7, 11) is 0. The zero-order valence-electron chi connectivity index (χ0n) is 20.1. The van der Waals surface area contributed by atoms with Gasteiger partial charge in [-0.25, -0.2) is 9.37 Å². The van der Waals surface area contributed by atoms with Crippen molar-refractivity contribution in [3.8, 4) is 16.9 Å². The SMILES string of the molecule is NC(=O)C1(c2cc(F)cc(OCc3ccc4c(-c5ccncc5)cc5nccn5c4c3)c2)CCOCC1. The van der Waals surface area contributed by atoms with Gasteiger partial charge in [0.2, 0.25) is 5.91 Å². The number of primary amides is 1. The largest absolute Gasteiger partial charge is 0.489 e. The van der Waals surface area contributed by atoms with Crippen molar-refractivity contribution in [2.24, 2.45) is 5.73 Å². The fourth-order valence-electron chi connectivity index (χ4n) is 5.18. The summed E-state index contributed by atoms with van der Waals surface area (Å²) in [5.74, 6) is -0.600. The van der Waals surface area contributed by atoms with Crippen LogP contribution in [0.3, 0.4) is 0 Å². The van der Waals surface area contributed by atoms with Gasteiger partial charge >= 0.3 is 0 Å². The Morgan fingerprint density at radius 2 is 1.86 bits per heavy atom. The van der Waals surface area contributed by atoms with E-state index in [2.05, 4.69) is 28.2 Å². The molecule has 0 aliphatic carbocycles. The first-order chi connectivity index (χ1) is 18.0. The van der Waals surface area contributed by atoms with E-state index in [0.29, 0.717) is 37.4 Å². The highest BCUT2D eigenvalue weighted by atomic mass is 19.1. The van der Waals surface area contributed by atoms with E-state index in [1.54, 1.807) is 24.7 Å². The predicted molar refractivity (Wildman–Crippen MR) is 138 cm³/mol. The molecule has 1 saturated heterocycles. The van der Waals surface area contributed by atoms with Crippen molar-refractivity contribution in [3.05, 3.63) is 96.3 Å². The molecule has 2 aromatic carbocycles. The molecule has 186 valence electrons. The lowest BCUT2D eigenvalue weighted by molar-refractivity contribution is -0.127. The Balaban J connectivity index is 1.34. The summed E-state index contributed by atoms with van der Waals surface area (Å²) in [6.07, 6.45) is 8.07. The van der Waals surface area contributed by atoms with Crippen LogP contribution >= 0.6 is 0 Å². The van der Waals surface area contributed by atoms with Crippen LogP contribution in [0.2, 0.25) is 0 Å². The molecule has 2 N–H and O–H groups in total. The Bertz CT molecular complexity index is 1610. The van der Waals surface area contributed by atoms with Gasteiger partial charge in [0.1, 0.15) is 23.8 Å². The molecule has 1 aliphatic rings. The molecule has 0 atom stereocenters. The van der Waals surface area contributed by atoms with Gasteiger partial charge in [0.15, 0.2) is 0 Å². The first kappa shape index (κ1) is 23.1. The molecule has 37 heavy (non-hydrogen) atoms. The number of carbonyl (C=O) groups is 1. The second kappa shape index (κ2) is 9.29. The maximum Gasteiger partial charge on any atom is 0.228 e. The molecule has 0 bridgehead atoms. The highest BCUT2D eigenvalue weighted by molar-refractivity contribution is 5.97. The zero-order valence-corrected chi connectivity index (χ0v) is 20.1. The minimum absolute atomic E-state index is 0.223. The van der Waals surface area contributed by atoms with E-state index < -0.39 is 17.1 Å². The molecule has 6 rings (SSSR count). The van der Waals surface area contributed by atoms with Gasteiger partial charge in [-0.1, -0.05) is 12.1 Å². The predicted octanol–water partition coefficient (Wildman–Crippen LogP) is 4.80. The molecule has 4 heterocycles. The van der Waals surface area contributed by atoms with Gasteiger partial charge in [-0.2, -0.15) is 0 Å². The summed E-state index contributed by atoms with van der Waals surface area (Å²) in [6.45, 7) is 1.02. The highest BCUT2D eigenvalue weighted by Crippen LogP contribution is 2.37. The van der Waals surface area contributed by atoms with Crippen molar-refractivity contribution in [3.63, 3.8) is 0 Å². The third-order valence-corrected chi connectivity index (χ3v) is 7.19. The smallest absolute Gasteiger partial charge is 0.228 e. The first-order valence-corrected chi connectivity index (χ1v) is 12.1. The number of nitrogens with zero attached hydrogens (tertiary/aromatic N) is 3. The van der Waals surface area contributed by atoms with E-state index in [-0.39, 0.29) is 6.61 Å². The minimum Gasteiger partial charge on any atom is -0.489 e. The summed E-state index contributed by atoms with van der Waals surface area (Å²) < 4.78 is 28.1. The Morgan fingerprint density at radius 1 is 1.05 bits per heavy atom. The number of carbonyl (C=O) groups excluding carboxylic acids is 1. The fraction of sp³-hybridized carbons (Fsp3) is 0.207. The normalized spacial score (nSPS) is 15.2. The number of amides is 1. The maximum absolute atomic E-state index is 14.6. The summed E-state index contributed by atoms with van der Waals surface area (Å²) in [6, 6.07) is 16.5. The van der Waals surface area contributed by atoms with Gasteiger partial charge in [0, 0.05) is 49.5 Å². The number of pyridine rings is 2. The molecule has 1 amide bonds. The number of rotatable bonds is 6. The van der Waals surface area contributed by atoms with E-state index in [4.69, 9.17) is 15.2 Å². The summed E-state index contributed by atoms with van der Waals surface area (Å²) in [4.78, 5) is 21.0. The summed E-state index contributed by atoms with van der Waals surface area (Å²) in [5.41, 5.74) is 10.2. The second-order valence-electron chi connectivity index (χ2n) is 9.32. The van der Waals surface area contributed by atoms with Crippen LogP contribution in [-0.4, -0.2) is 33.5 Å². The molecule has 1 aliphatic heterocycles. The van der Waals surface area contributed by atoms with Crippen molar-refractivity contribution < 1.29 is 18.7 Å². The maximum atomic E-state index is 14.6. The topological polar surface area (TPSA) is 91.7 Å². The summed E-state index contributed by atoms with van der Waals surface area (Å²) >= 11 is 0. The third kappa shape index (κ3) is 4.19. The number of hydrogen-bond donors (Lipinski definition) is 1. The Morgan fingerprint density at radius 3 is 2.65 bits per heavy atom. The van der Waals surface area contributed by atoms with Crippen LogP contribution in [0.25, 0.3) is 27.7 Å². The highest BCUT2D eigenvalue weighted by Gasteiger charge is 2.40. The van der Waals surface area contributed by atoms with Crippen LogP contribution in [0.1, 0.15) is 24.0 Å². The van der Waals surface area contributed by atoms with E-state index in [1.807, 2.05) is 28.8 Å². The van der Waals surface area contributed by atoms with Gasteiger partial charge in [-0.15, -0.1) is 0 Å². The Kier molecular flexibility index (Phi) is 5.81. The number of halogens is 1. The van der Waals surface area contributed by atoms with E-state index in [9.17, 15) is 9.18 Å². The third-order valence-electron chi connectivity index (χ3n) is 7.19. The lowest BCUT2D eigenvalue weighted by Crippen LogP contribution is -2.45. The van der Waals surface area contributed by atoms with Crippen molar-refractivity contribution in [2.75, 3.05) is 13.2 Å². The van der Waals surface area contributed by atoms with Crippen molar-refractivity contribution >= 4 is 22.5 Å². The lowest BCUT2D eigenvalue weighted by Gasteiger charge is -2.34. The van der Waals surface area contributed by atoms with Crippen molar-refractivity contribution in [1.82, 2.24) is 14.4 Å². The van der Waals surface area contributed by atoms with Gasteiger partial charge < -0.3 is 15.2 Å².